The second-order valence-electron chi connectivity index (χ2n) is 4.63. The molecule has 7 nitrogen and oxygen atoms in total. The Bertz CT molecular complexity index is 620. The molecule has 1 aliphatic rings. The molecule has 0 aliphatic carbocycles. The van der Waals surface area contributed by atoms with Crippen LogP contribution >= 0.6 is 0 Å². The van der Waals surface area contributed by atoms with Crippen molar-refractivity contribution in [3.63, 3.8) is 0 Å². The van der Waals surface area contributed by atoms with E-state index in [4.69, 9.17) is 10.00 Å². The summed E-state index contributed by atoms with van der Waals surface area (Å²) in [5.74, 6) is 1.54. The third kappa shape index (κ3) is 2.21. The number of anilines is 1. The highest BCUT2D eigenvalue weighted by atomic mass is 16.5. The highest BCUT2D eigenvalue weighted by Crippen LogP contribution is 2.34. The molecular weight excluding hydrogens is 256 g/mol. The molecule has 3 rings (SSSR count). The molecule has 2 aromatic heterocycles. The van der Waals surface area contributed by atoms with Crippen molar-refractivity contribution < 1.29 is 4.74 Å². The Balaban J connectivity index is 1.94. The van der Waals surface area contributed by atoms with Crippen molar-refractivity contribution in [2.75, 3.05) is 18.6 Å². The van der Waals surface area contributed by atoms with Gasteiger partial charge in [0.05, 0.1) is 12.1 Å². The molecule has 1 saturated heterocycles. The molecule has 0 spiro atoms. The average Bonchev–Trinajstić information content (AvgIpc) is 3.15. The number of hydrogen-bond donors (Lipinski definition) is 1. The SMILES string of the molecule is CO[C@@H]1C[C@@H](c2ncn[nH]2)N(c2cccc(C#N)n2)C1. The van der Waals surface area contributed by atoms with E-state index in [1.54, 1.807) is 13.2 Å². The van der Waals surface area contributed by atoms with Gasteiger partial charge in [0, 0.05) is 20.1 Å². The minimum Gasteiger partial charge on any atom is -0.380 e. The molecule has 0 unspecified atom stereocenters. The van der Waals surface area contributed by atoms with E-state index in [2.05, 4.69) is 31.1 Å². The number of aromatic nitrogens is 4. The van der Waals surface area contributed by atoms with Crippen LogP contribution in [0.2, 0.25) is 0 Å². The Hall–Kier alpha value is -2.46. The lowest BCUT2D eigenvalue weighted by molar-refractivity contribution is 0.118. The van der Waals surface area contributed by atoms with Crippen molar-refractivity contribution in [3.05, 3.63) is 36.0 Å². The number of hydrogen-bond acceptors (Lipinski definition) is 6. The summed E-state index contributed by atoms with van der Waals surface area (Å²) in [5.41, 5.74) is 0.402. The lowest BCUT2D eigenvalue weighted by atomic mass is 10.2. The van der Waals surface area contributed by atoms with Crippen LogP contribution in [-0.4, -0.2) is 39.9 Å². The fourth-order valence-electron chi connectivity index (χ4n) is 2.50. The molecule has 2 aromatic rings. The van der Waals surface area contributed by atoms with Gasteiger partial charge in [0.1, 0.15) is 29.7 Å². The summed E-state index contributed by atoms with van der Waals surface area (Å²) >= 11 is 0. The quantitative estimate of drug-likeness (QED) is 0.896. The number of nitrogens with one attached hydrogen (secondary N) is 1. The molecule has 2 atom stereocenters. The van der Waals surface area contributed by atoms with Gasteiger partial charge in [-0.05, 0) is 12.1 Å². The lowest BCUT2D eigenvalue weighted by Gasteiger charge is -2.23. The number of rotatable bonds is 3. The Labute approximate surface area is 116 Å². The van der Waals surface area contributed by atoms with Crippen LogP contribution in [0.25, 0.3) is 0 Å². The highest BCUT2D eigenvalue weighted by molar-refractivity contribution is 5.45. The van der Waals surface area contributed by atoms with Crippen LogP contribution in [-0.2, 0) is 4.74 Å². The molecule has 0 saturated carbocycles. The average molecular weight is 270 g/mol. The van der Waals surface area contributed by atoms with Crippen LogP contribution in [0, 0.1) is 11.3 Å². The standard InChI is InChI=1S/C13H14N6O/c1-20-10-5-11(13-15-8-16-18-13)19(7-10)12-4-2-3-9(6-14)17-12/h2-4,8,10-11H,5,7H2,1H3,(H,15,16,18)/t10-,11+/m1/s1. The lowest BCUT2D eigenvalue weighted by Crippen LogP contribution is -2.26. The zero-order valence-corrected chi connectivity index (χ0v) is 11.0. The summed E-state index contributed by atoms with van der Waals surface area (Å²) in [6.45, 7) is 0.712. The number of nitriles is 1. The van der Waals surface area contributed by atoms with Gasteiger partial charge in [-0.15, -0.1) is 0 Å². The Morgan fingerprint density at radius 3 is 3.10 bits per heavy atom. The largest absolute Gasteiger partial charge is 0.380 e. The zero-order chi connectivity index (χ0) is 13.9. The van der Waals surface area contributed by atoms with Crippen LogP contribution < -0.4 is 4.90 Å². The van der Waals surface area contributed by atoms with Crippen molar-refractivity contribution in [1.29, 1.82) is 5.26 Å². The first-order valence-electron chi connectivity index (χ1n) is 6.33. The van der Waals surface area contributed by atoms with Crippen LogP contribution in [0.4, 0.5) is 5.82 Å². The smallest absolute Gasteiger partial charge is 0.147 e. The molecule has 0 radical (unpaired) electrons. The van der Waals surface area contributed by atoms with Crippen molar-refractivity contribution in [2.45, 2.75) is 18.6 Å². The van der Waals surface area contributed by atoms with Crippen molar-refractivity contribution in [3.8, 4) is 6.07 Å². The summed E-state index contributed by atoms with van der Waals surface area (Å²) in [7, 11) is 1.70. The molecule has 3 heterocycles. The van der Waals surface area contributed by atoms with Crippen LogP contribution in [0.3, 0.4) is 0 Å². The molecule has 102 valence electrons. The van der Waals surface area contributed by atoms with Crippen molar-refractivity contribution in [1.82, 2.24) is 20.2 Å². The van der Waals surface area contributed by atoms with Crippen LogP contribution in [0.15, 0.2) is 24.5 Å². The first kappa shape index (κ1) is 12.6. The molecule has 20 heavy (non-hydrogen) atoms. The fraction of sp³-hybridized carbons (Fsp3) is 0.385. The number of H-pyrrole nitrogens is 1. The fourth-order valence-corrected chi connectivity index (χ4v) is 2.50. The summed E-state index contributed by atoms with van der Waals surface area (Å²) in [4.78, 5) is 10.7. The zero-order valence-electron chi connectivity index (χ0n) is 11.0. The predicted molar refractivity (Wildman–Crippen MR) is 70.8 cm³/mol. The van der Waals surface area contributed by atoms with E-state index in [1.807, 2.05) is 12.1 Å². The van der Waals surface area contributed by atoms with E-state index in [-0.39, 0.29) is 12.1 Å². The van der Waals surface area contributed by atoms with E-state index < -0.39 is 0 Å². The predicted octanol–water partition coefficient (Wildman–Crippen LogP) is 1.04. The van der Waals surface area contributed by atoms with E-state index in [1.165, 1.54) is 6.33 Å². The maximum atomic E-state index is 8.97. The first-order valence-corrected chi connectivity index (χ1v) is 6.33. The van der Waals surface area contributed by atoms with Gasteiger partial charge < -0.3 is 9.64 Å². The monoisotopic (exact) mass is 270 g/mol. The number of aromatic amines is 1. The van der Waals surface area contributed by atoms with E-state index in [0.29, 0.717) is 12.2 Å². The van der Waals surface area contributed by atoms with Crippen molar-refractivity contribution in [2.24, 2.45) is 0 Å². The van der Waals surface area contributed by atoms with Gasteiger partial charge in [-0.1, -0.05) is 6.07 Å². The van der Waals surface area contributed by atoms with Gasteiger partial charge in [-0.2, -0.15) is 10.4 Å². The Morgan fingerprint density at radius 1 is 1.50 bits per heavy atom. The van der Waals surface area contributed by atoms with Gasteiger partial charge in [0.15, 0.2) is 0 Å². The third-order valence-corrected chi connectivity index (χ3v) is 3.49. The van der Waals surface area contributed by atoms with Gasteiger partial charge in [0.2, 0.25) is 0 Å². The normalized spacial score (nSPS) is 21.9. The van der Waals surface area contributed by atoms with Gasteiger partial charge in [-0.3, -0.25) is 5.10 Å². The molecule has 1 fully saturated rings. The Kier molecular flexibility index (Phi) is 3.31. The topological polar surface area (TPSA) is 90.7 Å². The van der Waals surface area contributed by atoms with Gasteiger partial charge >= 0.3 is 0 Å². The van der Waals surface area contributed by atoms with Gasteiger partial charge in [-0.25, -0.2) is 9.97 Å². The molecular formula is C13H14N6O. The third-order valence-electron chi connectivity index (χ3n) is 3.49. The minimum atomic E-state index is 0.0314. The Morgan fingerprint density at radius 2 is 2.40 bits per heavy atom. The maximum absolute atomic E-state index is 8.97. The summed E-state index contributed by atoms with van der Waals surface area (Å²) < 4.78 is 5.45. The van der Waals surface area contributed by atoms with Crippen LogP contribution in [0.1, 0.15) is 24.0 Å². The van der Waals surface area contributed by atoms with E-state index in [9.17, 15) is 0 Å². The van der Waals surface area contributed by atoms with E-state index >= 15 is 0 Å². The van der Waals surface area contributed by atoms with Gasteiger partial charge in [0.25, 0.3) is 0 Å². The summed E-state index contributed by atoms with van der Waals surface area (Å²) in [6, 6.07) is 7.51. The second kappa shape index (κ2) is 5.27. The molecule has 1 aliphatic heterocycles. The summed E-state index contributed by atoms with van der Waals surface area (Å²) in [5, 5.41) is 15.8. The van der Waals surface area contributed by atoms with Crippen LogP contribution in [0.5, 0.6) is 0 Å². The molecule has 1 N–H and O–H groups in total. The number of methoxy groups -OCH3 is 1. The maximum Gasteiger partial charge on any atom is 0.147 e. The first-order chi connectivity index (χ1) is 9.81. The van der Waals surface area contributed by atoms with Crippen molar-refractivity contribution >= 4 is 5.82 Å². The number of pyridine rings is 1. The molecule has 0 amide bonds. The molecule has 7 heteroatoms. The number of nitrogens with zero attached hydrogens (tertiary/aromatic N) is 5. The summed E-state index contributed by atoms with van der Waals surface area (Å²) in [6.07, 6.45) is 2.41. The molecule has 0 aromatic carbocycles. The number of ether oxygens (including phenoxy) is 1. The van der Waals surface area contributed by atoms with E-state index in [0.717, 1.165) is 18.1 Å². The molecule has 0 bridgehead atoms. The highest BCUT2D eigenvalue weighted by Gasteiger charge is 2.35. The second-order valence-corrected chi connectivity index (χ2v) is 4.63. The minimum absolute atomic E-state index is 0.0314.